The second-order valence-electron chi connectivity index (χ2n) is 4.87. The molecule has 4 nitrogen and oxygen atoms in total. The van der Waals surface area contributed by atoms with Crippen molar-refractivity contribution in [3.05, 3.63) is 70.4 Å². The summed E-state index contributed by atoms with van der Waals surface area (Å²) in [4.78, 5) is 14.0. The molecule has 0 spiro atoms. The molecule has 3 aromatic rings. The van der Waals surface area contributed by atoms with Crippen molar-refractivity contribution in [3.8, 4) is 11.3 Å². The Kier molecular flexibility index (Phi) is 3.48. The Bertz CT molecular complexity index is 890. The molecule has 3 rings (SSSR count). The molecule has 0 bridgehead atoms. The maximum atomic E-state index is 13.5. The van der Waals surface area contributed by atoms with E-state index in [0.717, 1.165) is 12.1 Å². The van der Waals surface area contributed by atoms with Gasteiger partial charge in [0.15, 0.2) is 0 Å². The highest BCUT2D eigenvalue weighted by molar-refractivity contribution is 5.90. The zero-order valence-corrected chi connectivity index (χ0v) is 11.5. The third-order valence-electron chi connectivity index (χ3n) is 3.43. The minimum Gasteiger partial charge on any atom is -0.258 e. The van der Waals surface area contributed by atoms with Gasteiger partial charge < -0.3 is 0 Å². The van der Waals surface area contributed by atoms with E-state index in [1.807, 2.05) is 0 Å². The lowest BCUT2D eigenvalue weighted by Gasteiger charge is -2.15. The molecule has 0 fully saturated rings. The number of pyridine rings is 1. The van der Waals surface area contributed by atoms with Crippen LogP contribution in [0.15, 0.2) is 54.7 Å². The molecule has 0 aliphatic rings. The number of nitro groups is 1. The van der Waals surface area contributed by atoms with E-state index in [0.29, 0.717) is 5.39 Å². The molecule has 0 aliphatic heterocycles. The maximum Gasteiger partial charge on any atom is 0.419 e. The lowest BCUT2D eigenvalue weighted by Crippen LogP contribution is -2.09. The van der Waals surface area contributed by atoms with Gasteiger partial charge in [-0.05, 0) is 17.5 Å². The fourth-order valence-electron chi connectivity index (χ4n) is 2.41. The molecule has 0 radical (unpaired) electrons. The lowest BCUT2D eigenvalue weighted by molar-refractivity contribution is -0.384. The summed E-state index contributed by atoms with van der Waals surface area (Å²) in [6.07, 6.45) is -3.23. The molecule has 23 heavy (non-hydrogen) atoms. The molecule has 116 valence electrons. The van der Waals surface area contributed by atoms with E-state index in [-0.39, 0.29) is 22.3 Å². The number of nitro benzene ring substituents is 1. The first-order valence-electron chi connectivity index (χ1n) is 6.57. The van der Waals surface area contributed by atoms with E-state index in [4.69, 9.17) is 0 Å². The quantitative estimate of drug-likeness (QED) is 0.502. The van der Waals surface area contributed by atoms with Gasteiger partial charge in [-0.3, -0.25) is 15.1 Å². The summed E-state index contributed by atoms with van der Waals surface area (Å²) >= 11 is 0. The summed E-state index contributed by atoms with van der Waals surface area (Å²) < 4.78 is 40.6. The van der Waals surface area contributed by atoms with Gasteiger partial charge in [0.25, 0.3) is 5.69 Å². The number of alkyl halides is 3. The van der Waals surface area contributed by atoms with Gasteiger partial charge in [0, 0.05) is 29.3 Å². The fraction of sp³-hybridized carbons (Fsp3) is 0.0625. The molecule has 0 N–H and O–H groups in total. The highest BCUT2D eigenvalue weighted by Gasteiger charge is 2.36. The van der Waals surface area contributed by atoms with Crippen molar-refractivity contribution in [2.24, 2.45) is 0 Å². The Morgan fingerprint density at radius 2 is 1.65 bits per heavy atom. The first-order chi connectivity index (χ1) is 10.9. The first kappa shape index (κ1) is 15.0. The number of benzene rings is 2. The minimum atomic E-state index is -4.59. The third kappa shape index (κ3) is 2.73. The predicted molar refractivity (Wildman–Crippen MR) is 78.8 cm³/mol. The van der Waals surface area contributed by atoms with Crippen LogP contribution < -0.4 is 0 Å². The molecule has 0 atom stereocenters. The van der Waals surface area contributed by atoms with Gasteiger partial charge in [-0.2, -0.15) is 13.2 Å². The van der Waals surface area contributed by atoms with E-state index < -0.39 is 16.7 Å². The molecule has 0 amide bonds. The molecule has 0 unspecified atom stereocenters. The monoisotopic (exact) mass is 318 g/mol. The normalized spacial score (nSPS) is 11.6. The van der Waals surface area contributed by atoms with Crippen LogP contribution in [0, 0.1) is 10.1 Å². The van der Waals surface area contributed by atoms with Gasteiger partial charge >= 0.3 is 6.18 Å². The maximum absolute atomic E-state index is 13.5. The molecule has 7 heteroatoms. The Morgan fingerprint density at radius 1 is 1.00 bits per heavy atom. The van der Waals surface area contributed by atoms with Crippen molar-refractivity contribution in [2.45, 2.75) is 6.18 Å². The first-order valence-corrected chi connectivity index (χ1v) is 6.57. The highest BCUT2D eigenvalue weighted by atomic mass is 19.4. The number of rotatable bonds is 2. The summed E-state index contributed by atoms with van der Waals surface area (Å²) in [6, 6.07) is 11.0. The van der Waals surface area contributed by atoms with Crippen LogP contribution in [-0.4, -0.2) is 9.91 Å². The summed E-state index contributed by atoms with van der Waals surface area (Å²) in [5.41, 5.74) is -1.10. The minimum absolute atomic E-state index is 0.0448. The molecule has 0 saturated carbocycles. The number of aromatic nitrogens is 1. The van der Waals surface area contributed by atoms with E-state index in [1.54, 1.807) is 12.1 Å². The van der Waals surface area contributed by atoms with Gasteiger partial charge in [0.05, 0.1) is 16.2 Å². The molecular formula is C16H9F3N2O2. The Labute approximate surface area is 128 Å². The van der Waals surface area contributed by atoms with Crippen molar-refractivity contribution in [1.29, 1.82) is 0 Å². The van der Waals surface area contributed by atoms with Gasteiger partial charge in [0.1, 0.15) is 0 Å². The SMILES string of the molecule is O=[N+]([O-])c1ccc(-c2ncc3ccccc3c2C(F)(F)F)cc1. The number of hydrogen-bond donors (Lipinski definition) is 0. The lowest BCUT2D eigenvalue weighted by atomic mass is 9.99. The zero-order chi connectivity index (χ0) is 16.6. The van der Waals surface area contributed by atoms with Crippen molar-refractivity contribution < 1.29 is 18.1 Å². The standard InChI is InChI=1S/C16H9F3N2O2/c17-16(18,19)14-13-4-2-1-3-11(13)9-20-15(14)10-5-7-12(8-6-10)21(22)23/h1-9H. The van der Waals surface area contributed by atoms with E-state index in [9.17, 15) is 23.3 Å². The van der Waals surface area contributed by atoms with Gasteiger partial charge in [-0.1, -0.05) is 24.3 Å². The summed E-state index contributed by atoms with van der Waals surface area (Å²) in [6.45, 7) is 0. The molecule has 1 aromatic heterocycles. The van der Waals surface area contributed by atoms with Gasteiger partial charge in [-0.15, -0.1) is 0 Å². The average Bonchev–Trinajstić information content (AvgIpc) is 2.53. The van der Waals surface area contributed by atoms with Crippen molar-refractivity contribution in [1.82, 2.24) is 4.98 Å². The second-order valence-corrected chi connectivity index (χ2v) is 4.87. The summed E-state index contributed by atoms with van der Waals surface area (Å²) in [5, 5.41) is 11.1. The Hall–Kier alpha value is -2.96. The van der Waals surface area contributed by atoms with Crippen LogP contribution in [0.5, 0.6) is 0 Å². The fourth-order valence-corrected chi connectivity index (χ4v) is 2.41. The molecule has 1 heterocycles. The van der Waals surface area contributed by atoms with Crippen molar-refractivity contribution in [2.75, 3.05) is 0 Å². The van der Waals surface area contributed by atoms with Crippen LogP contribution in [-0.2, 0) is 6.18 Å². The number of fused-ring (bicyclic) bond motifs is 1. The van der Waals surface area contributed by atoms with E-state index in [1.165, 1.54) is 30.5 Å². The number of nitrogens with zero attached hydrogens (tertiary/aromatic N) is 2. The Balaban J connectivity index is 2.26. The summed E-state index contributed by atoms with van der Waals surface area (Å²) in [7, 11) is 0. The second kappa shape index (κ2) is 5.35. The number of halogens is 3. The summed E-state index contributed by atoms with van der Waals surface area (Å²) in [5.74, 6) is 0. The zero-order valence-electron chi connectivity index (χ0n) is 11.5. The van der Waals surface area contributed by atoms with Gasteiger partial charge in [0.2, 0.25) is 0 Å². The predicted octanol–water partition coefficient (Wildman–Crippen LogP) is 4.83. The smallest absolute Gasteiger partial charge is 0.258 e. The topological polar surface area (TPSA) is 56.0 Å². The highest BCUT2D eigenvalue weighted by Crippen LogP contribution is 2.40. The van der Waals surface area contributed by atoms with E-state index >= 15 is 0 Å². The molecular weight excluding hydrogens is 309 g/mol. The van der Waals surface area contributed by atoms with Crippen LogP contribution in [0.2, 0.25) is 0 Å². The van der Waals surface area contributed by atoms with Crippen molar-refractivity contribution >= 4 is 16.5 Å². The van der Waals surface area contributed by atoms with E-state index in [2.05, 4.69) is 4.98 Å². The third-order valence-corrected chi connectivity index (χ3v) is 3.43. The Morgan fingerprint density at radius 3 is 2.26 bits per heavy atom. The molecule has 0 aliphatic carbocycles. The molecule has 0 saturated heterocycles. The van der Waals surface area contributed by atoms with Crippen LogP contribution in [0.3, 0.4) is 0 Å². The van der Waals surface area contributed by atoms with Crippen molar-refractivity contribution in [3.63, 3.8) is 0 Å². The van der Waals surface area contributed by atoms with Gasteiger partial charge in [-0.25, -0.2) is 0 Å². The van der Waals surface area contributed by atoms with Crippen LogP contribution in [0.4, 0.5) is 18.9 Å². The number of non-ortho nitro benzene ring substituents is 1. The van der Waals surface area contributed by atoms with Crippen LogP contribution in [0.25, 0.3) is 22.0 Å². The number of hydrogen-bond acceptors (Lipinski definition) is 3. The largest absolute Gasteiger partial charge is 0.419 e. The average molecular weight is 318 g/mol. The van der Waals surface area contributed by atoms with Crippen LogP contribution >= 0.6 is 0 Å². The van der Waals surface area contributed by atoms with Crippen LogP contribution in [0.1, 0.15) is 5.56 Å². The molecule has 2 aromatic carbocycles.